The lowest BCUT2D eigenvalue weighted by Gasteiger charge is -2.07. The maximum absolute atomic E-state index is 11.6. The molecule has 2 aromatic rings. The first-order valence-electron chi connectivity index (χ1n) is 6.74. The smallest absolute Gasteiger partial charge is 0.411 e. The molecular formula is C17H17NO3. The molecule has 21 heavy (non-hydrogen) atoms. The van der Waals surface area contributed by atoms with Gasteiger partial charge in [-0.25, -0.2) is 4.79 Å². The molecule has 0 heterocycles. The molecule has 0 saturated carbocycles. The monoisotopic (exact) mass is 283 g/mol. The summed E-state index contributed by atoms with van der Waals surface area (Å²) in [5.41, 5.74) is 2.33. The largest absolute Gasteiger partial charge is 0.449 e. The Morgan fingerprint density at radius 3 is 2.29 bits per heavy atom. The number of hydrogen-bond acceptors (Lipinski definition) is 3. The van der Waals surface area contributed by atoms with Gasteiger partial charge in [-0.2, -0.15) is 0 Å². The summed E-state index contributed by atoms with van der Waals surface area (Å²) in [4.78, 5) is 22.8. The fourth-order valence-corrected chi connectivity index (χ4v) is 1.85. The van der Waals surface area contributed by atoms with Gasteiger partial charge in [0.2, 0.25) is 0 Å². The lowest BCUT2D eigenvalue weighted by molar-refractivity contribution is 0.101. The van der Waals surface area contributed by atoms with Crippen molar-refractivity contribution < 1.29 is 14.3 Å². The number of carbonyl (C=O) groups excluding carboxylic acids is 2. The normalized spacial score (nSPS) is 9.95. The van der Waals surface area contributed by atoms with Crippen molar-refractivity contribution in [1.29, 1.82) is 0 Å². The van der Waals surface area contributed by atoms with Crippen molar-refractivity contribution in [3.05, 3.63) is 65.7 Å². The standard InChI is InChI=1S/C17H17NO3/c1-13(19)15-7-9-16(10-8-15)18-17(20)21-12-11-14-5-3-2-4-6-14/h2-10H,11-12H2,1H3,(H,18,20). The number of ether oxygens (including phenoxy) is 1. The first-order chi connectivity index (χ1) is 10.1. The SMILES string of the molecule is CC(=O)c1ccc(NC(=O)OCCc2ccccc2)cc1. The van der Waals surface area contributed by atoms with E-state index < -0.39 is 6.09 Å². The number of rotatable bonds is 5. The maximum atomic E-state index is 11.6. The summed E-state index contributed by atoms with van der Waals surface area (Å²) in [6.07, 6.45) is 0.180. The maximum Gasteiger partial charge on any atom is 0.411 e. The molecule has 0 aromatic heterocycles. The summed E-state index contributed by atoms with van der Waals surface area (Å²) in [5, 5.41) is 2.62. The van der Waals surface area contributed by atoms with Crippen LogP contribution in [0.2, 0.25) is 0 Å². The van der Waals surface area contributed by atoms with Gasteiger partial charge in [-0.15, -0.1) is 0 Å². The van der Waals surface area contributed by atoms with Crippen LogP contribution < -0.4 is 5.32 Å². The number of nitrogens with one attached hydrogen (secondary N) is 1. The molecule has 4 heteroatoms. The highest BCUT2D eigenvalue weighted by atomic mass is 16.5. The number of ketones is 1. The third-order valence-electron chi connectivity index (χ3n) is 3.00. The molecule has 0 aliphatic carbocycles. The fourth-order valence-electron chi connectivity index (χ4n) is 1.85. The van der Waals surface area contributed by atoms with Crippen molar-refractivity contribution in [3.63, 3.8) is 0 Å². The molecule has 0 spiro atoms. The van der Waals surface area contributed by atoms with Crippen LogP contribution in [-0.4, -0.2) is 18.5 Å². The number of Topliss-reactive ketones (excluding diaryl/α,β-unsaturated/α-hetero) is 1. The van der Waals surface area contributed by atoms with E-state index in [-0.39, 0.29) is 5.78 Å². The van der Waals surface area contributed by atoms with E-state index in [1.807, 2.05) is 30.3 Å². The molecule has 0 atom stereocenters. The third-order valence-corrected chi connectivity index (χ3v) is 3.00. The Hall–Kier alpha value is -2.62. The lowest BCUT2D eigenvalue weighted by Crippen LogP contribution is -2.15. The molecule has 0 unspecified atom stereocenters. The third kappa shape index (κ3) is 4.76. The van der Waals surface area contributed by atoms with Crippen LogP contribution in [0.25, 0.3) is 0 Å². The van der Waals surface area contributed by atoms with Crippen LogP contribution in [0, 0.1) is 0 Å². The van der Waals surface area contributed by atoms with Gasteiger partial charge in [-0.05, 0) is 36.8 Å². The van der Waals surface area contributed by atoms with Crippen molar-refractivity contribution >= 4 is 17.6 Å². The highest BCUT2D eigenvalue weighted by molar-refractivity contribution is 5.94. The second-order valence-corrected chi connectivity index (χ2v) is 4.63. The van der Waals surface area contributed by atoms with Crippen LogP contribution in [0.3, 0.4) is 0 Å². The summed E-state index contributed by atoms with van der Waals surface area (Å²) in [6, 6.07) is 16.5. The predicted molar refractivity (Wildman–Crippen MR) is 81.6 cm³/mol. The zero-order chi connectivity index (χ0) is 15.1. The number of anilines is 1. The molecule has 0 bridgehead atoms. The Kier molecular flexibility index (Phi) is 5.10. The predicted octanol–water partition coefficient (Wildman–Crippen LogP) is 3.68. The quantitative estimate of drug-likeness (QED) is 0.852. The van der Waals surface area contributed by atoms with Gasteiger partial charge in [-0.1, -0.05) is 30.3 Å². The molecule has 2 aromatic carbocycles. The number of carbonyl (C=O) groups is 2. The Morgan fingerprint density at radius 2 is 1.67 bits per heavy atom. The average molecular weight is 283 g/mol. The Labute approximate surface area is 123 Å². The van der Waals surface area contributed by atoms with E-state index in [9.17, 15) is 9.59 Å². The van der Waals surface area contributed by atoms with Gasteiger partial charge in [0.15, 0.2) is 5.78 Å². The van der Waals surface area contributed by atoms with Crippen LogP contribution in [0.4, 0.5) is 10.5 Å². The summed E-state index contributed by atoms with van der Waals surface area (Å²) in [6.45, 7) is 1.82. The van der Waals surface area contributed by atoms with Crippen molar-refractivity contribution in [2.75, 3.05) is 11.9 Å². The van der Waals surface area contributed by atoms with Crippen molar-refractivity contribution in [1.82, 2.24) is 0 Å². The Morgan fingerprint density at radius 1 is 1.00 bits per heavy atom. The zero-order valence-electron chi connectivity index (χ0n) is 11.8. The Balaban J connectivity index is 1.78. The van der Waals surface area contributed by atoms with Crippen LogP contribution in [0.15, 0.2) is 54.6 Å². The van der Waals surface area contributed by atoms with Crippen LogP contribution in [-0.2, 0) is 11.2 Å². The molecule has 0 aliphatic heterocycles. The molecule has 0 aliphatic rings. The van der Waals surface area contributed by atoms with Crippen molar-refractivity contribution in [3.8, 4) is 0 Å². The Bertz CT molecular complexity index is 606. The van der Waals surface area contributed by atoms with Gasteiger partial charge in [0.1, 0.15) is 0 Å². The highest BCUT2D eigenvalue weighted by Gasteiger charge is 2.04. The summed E-state index contributed by atoms with van der Waals surface area (Å²) in [5.74, 6) is -0.00742. The van der Waals surface area contributed by atoms with Gasteiger partial charge in [-0.3, -0.25) is 10.1 Å². The van der Waals surface area contributed by atoms with E-state index in [0.717, 1.165) is 5.56 Å². The minimum Gasteiger partial charge on any atom is -0.449 e. The summed E-state index contributed by atoms with van der Waals surface area (Å²) in [7, 11) is 0. The van der Waals surface area contributed by atoms with E-state index in [1.54, 1.807) is 24.3 Å². The first-order valence-corrected chi connectivity index (χ1v) is 6.74. The van der Waals surface area contributed by atoms with Crippen molar-refractivity contribution in [2.45, 2.75) is 13.3 Å². The molecule has 0 saturated heterocycles. The molecule has 4 nitrogen and oxygen atoms in total. The van der Waals surface area contributed by atoms with E-state index in [0.29, 0.717) is 24.3 Å². The molecule has 1 amide bonds. The molecule has 2 rings (SSSR count). The van der Waals surface area contributed by atoms with Gasteiger partial charge in [0.05, 0.1) is 6.61 Å². The second kappa shape index (κ2) is 7.24. The second-order valence-electron chi connectivity index (χ2n) is 4.63. The van der Waals surface area contributed by atoms with Gasteiger partial charge >= 0.3 is 6.09 Å². The first kappa shape index (κ1) is 14.8. The molecule has 108 valence electrons. The average Bonchev–Trinajstić information content (AvgIpc) is 2.49. The van der Waals surface area contributed by atoms with Crippen LogP contribution >= 0.6 is 0 Å². The zero-order valence-corrected chi connectivity index (χ0v) is 11.8. The number of benzene rings is 2. The molecule has 0 fully saturated rings. The molecule has 1 N–H and O–H groups in total. The van der Waals surface area contributed by atoms with Crippen LogP contribution in [0.5, 0.6) is 0 Å². The highest BCUT2D eigenvalue weighted by Crippen LogP contribution is 2.10. The summed E-state index contributed by atoms with van der Waals surface area (Å²) >= 11 is 0. The summed E-state index contributed by atoms with van der Waals surface area (Å²) < 4.78 is 5.11. The van der Waals surface area contributed by atoms with Crippen LogP contribution in [0.1, 0.15) is 22.8 Å². The van der Waals surface area contributed by atoms with E-state index in [4.69, 9.17) is 4.74 Å². The minimum absolute atomic E-state index is 0.00742. The van der Waals surface area contributed by atoms with E-state index in [1.165, 1.54) is 6.92 Å². The lowest BCUT2D eigenvalue weighted by atomic mass is 10.1. The van der Waals surface area contributed by atoms with Gasteiger partial charge in [0.25, 0.3) is 0 Å². The van der Waals surface area contributed by atoms with Crippen molar-refractivity contribution in [2.24, 2.45) is 0 Å². The van der Waals surface area contributed by atoms with E-state index in [2.05, 4.69) is 5.32 Å². The number of amides is 1. The molecule has 0 radical (unpaired) electrons. The topological polar surface area (TPSA) is 55.4 Å². The fraction of sp³-hybridized carbons (Fsp3) is 0.176. The van der Waals surface area contributed by atoms with Gasteiger partial charge < -0.3 is 4.74 Å². The van der Waals surface area contributed by atoms with Gasteiger partial charge in [0, 0.05) is 17.7 Å². The molecular weight excluding hydrogens is 266 g/mol. The number of hydrogen-bond donors (Lipinski definition) is 1. The van der Waals surface area contributed by atoms with E-state index >= 15 is 0 Å². The minimum atomic E-state index is -0.499.